The Morgan fingerprint density at radius 1 is 1.19 bits per heavy atom. The highest BCUT2D eigenvalue weighted by atomic mass is 32.1. The Hall–Kier alpha value is -2.14. The van der Waals surface area contributed by atoms with Crippen molar-refractivity contribution in [2.45, 2.75) is 13.0 Å². The normalized spacial score (nSPS) is 11.0. The van der Waals surface area contributed by atoms with E-state index in [1.165, 1.54) is 17.7 Å². The molecule has 3 nitrogen and oxygen atoms in total. The Morgan fingerprint density at radius 2 is 1.95 bits per heavy atom. The van der Waals surface area contributed by atoms with Crippen LogP contribution < -0.4 is 4.74 Å². The van der Waals surface area contributed by atoms with Crippen LogP contribution in [0, 0.1) is 10.6 Å². The molecule has 0 amide bonds. The van der Waals surface area contributed by atoms with Crippen LogP contribution in [0.25, 0.3) is 11.0 Å². The van der Waals surface area contributed by atoms with Crippen molar-refractivity contribution in [3.05, 3.63) is 58.6 Å². The molecule has 0 aliphatic carbocycles. The number of aryl methyl sites for hydroxylation is 2. The van der Waals surface area contributed by atoms with Gasteiger partial charge in [0.1, 0.15) is 11.6 Å². The first-order valence-corrected chi connectivity index (χ1v) is 7.09. The van der Waals surface area contributed by atoms with Gasteiger partial charge in [0.2, 0.25) is 0 Å². The highest BCUT2D eigenvalue weighted by Gasteiger charge is 2.06. The Bertz CT molecular complexity index is 820. The number of aromatic amines is 1. The number of nitrogens with one attached hydrogen (secondary N) is 1. The van der Waals surface area contributed by atoms with Crippen molar-refractivity contribution in [3.63, 3.8) is 0 Å². The van der Waals surface area contributed by atoms with Gasteiger partial charge in [0, 0.05) is 6.54 Å². The van der Waals surface area contributed by atoms with E-state index in [0.717, 1.165) is 23.2 Å². The molecule has 3 rings (SSSR count). The predicted octanol–water partition coefficient (Wildman–Crippen LogP) is 4.09. The van der Waals surface area contributed by atoms with Gasteiger partial charge in [-0.3, -0.25) is 0 Å². The van der Waals surface area contributed by atoms with E-state index in [1.807, 2.05) is 28.8 Å². The zero-order valence-corrected chi connectivity index (χ0v) is 12.4. The summed E-state index contributed by atoms with van der Waals surface area (Å²) in [5, 5.41) is 0. The van der Waals surface area contributed by atoms with E-state index in [2.05, 4.69) is 4.98 Å². The lowest BCUT2D eigenvalue weighted by Crippen LogP contribution is -2.01. The van der Waals surface area contributed by atoms with Gasteiger partial charge in [-0.05, 0) is 54.5 Å². The molecule has 0 spiro atoms. The molecular weight excluding hydrogens is 287 g/mol. The van der Waals surface area contributed by atoms with Crippen molar-refractivity contribution in [3.8, 4) is 5.75 Å². The number of fused-ring (bicyclic) bond motifs is 1. The molecule has 0 bridgehead atoms. The Kier molecular flexibility index (Phi) is 3.75. The van der Waals surface area contributed by atoms with Gasteiger partial charge in [-0.1, -0.05) is 12.1 Å². The molecule has 21 heavy (non-hydrogen) atoms. The van der Waals surface area contributed by atoms with Gasteiger partial charge in [-0.15, -0.1) is 0 Å². The van der Waals surface area contributed by atoms with E-state index in [1.54, 1.807) is 13.2 Å². The van der Waals surface area contributed by atoms with Gasteiger partial charge in [-0.25, -0.2) is 4.39 Å². The van der Waals surface area contributed by atoms with Crippen LogP contribution in [0.3, 0.4) is 0 Å². The second-order valence-electron chi connectivity index (χ2n) is 4.84. The summed E-state index contributed by atoms with van der Waals surface area (Å²) in [6.07, 6.45) is 0.821. The lowest BCUT2D eigenvalue weighted by atomic mass is 10.1. The Labute approximate surface area is 127 Å². The van der Waals surface area contributed by atoms with E-state index in [-0.39, 0.29) is 5.82 Å². The zero-order chi connectivity index (χ0) is 14.8. The largest absolute Gasteiger partial charge is 0.497 e. The molecule has 1 aromatic heterocycles. The maximum atomic E-state index is 13.4. The fourth-order valence-corrected chi connectivity index (χ4v) is 2.68. The number of hydrogen-bond acceptors (Lipinski definition) is 2. The summed E-state index contributed by atoms with van der Waals surface area (Å²) in [5.41, 5.74) is 2.84. The number of H-pyrrole nitrogens is 1. The summed E-state index contributed by atoms with van der Waals surface area (Å²) in [6.45, 7) is 0.703. The van der Waals surface area contributed by atoms with Crippen LogP contribution in [0.5, 0.6) is 5.75 Å². The number of hydrogen-bond donors (Lipinski definition) is 1. The third kappa shape index (κ3) is 2.83. The van der Waals surface area contributed by atoms with Gasteiger partial charge >= 0.3 is 0 Å². The van der Waals surface area contributed by atoms with E-state index in [4.69, 9.17) is 17.0 Å². The third-order valence-electron chi connectivity index (χ3n) is 3.52. The second-order valence-corrected chi connectivity index (χ2v) is 5.23. The van der Waals surface area contributed by atoms with E-state index < -0.39 is 0 Å². The molecule has 0 saturated carbocycles. The SMILES string of the molecule is COc1ccc(CCn2c(=S)[nH]c3ccc(F)cc32)cc1. The number of rotatable bonds is 4. The van der Waals surface area contributed by atoms with Crippen LogP contribution in [-0.4, -0.2) is 16.7 Å². The lowest BCUT2D eigenvalue weighted by Gasteiger charge is -2.06. The number of aromatic nitrogens is 2. The summed E-state index contributed by atoms with van der Waals surface area (Å²) >= 11 is 5.32. The number of imidazole rings is 1. The molecular formula is C16H15FN2OS. The van der Waals surface area contributed by atoms with Crippen LogP contribution in [0.15, 0.2) is 42.5 Å². The van der Waals surface area contributed by atoms with E-state index in [0.29, 0.717) is 11.3 Å². The average Bonchev–Trinajstić information content (AvgIpc) is 2.80. The molecule has 108 valence electrons. The van der Waals surface area contributed by atoms with Crippen molar-refractivity contribution < 1.29 is 9.13 Å². The van der Waals surface area contributed by atoms with Crippen molar-refractivity contribution in [2.24, 2.45) is 0 Å². The Balaban J connectivity index is 1.85. The van der Waals surface area contributed by atoms with Gasteiger partial charge < -0.3 is 14.3 Å². The molecule has 5 heteroatoms. The topological polar surface area (TPSA) is 29.9 Å². The third-order valence-corrected chi connectivity index (χ3v) is 3.84. The number of benzene rings is 2. The van der Waals surface area contributed by atoms with Crippen molar-refractivity contribution in [1.29, 1.82) is 0 Å². The Morgan fingerprint density at radius 3 is 2.67 bits per heavy atom. The highest BCUT2D eigenvalue weighted by Crippen LogP contribution is 2.17. The summed E-state index contributed by atoms with van der Waals surface area (Å²) in [5.74, 6) is 0.583. The van der Waals surface area contributed by atoms with E-state index >= 15 is 0 Å². The van der Waals surface area contributed by atoms with Gasteiger partial charge in [0.15, 0.2) is 4.77 Å². The molecule has 1 N–H and O–H groups in total. The maximum Gasteiger partial charge on any atom is 0.178 e. The smallest absolute Gasteiger partial charge is 0.178 e. The number of nitrogens with zero attached hydrogens (tertiary/aromatic N) is 1. The van der Waals surface area contributed by atoms with Crippen molar-refractivity contribution in [1.82, 2.24) is 9.55 Å². The lowest BCUT2D eigenvalue weighted by molar-refractivity contribution is 0.414. The summed E-state index contributed by atoms with van der Waals surface area (Å²) in [7, 11) is 1.65. The second kappa shape index (κ2) is 5.69. The van der Waals surface area contributed by atoms with Gasteiger partial charge in [0.05, 0.1) is 18.1 Å². The zero-order valence-electron chi connectivity index (χ0n) is 11.6. The van der Waals surface area contributed by atoms with Gasteiger partial charge in [0.25, 0.3) is 0 Å². The molecule has 1 heterocycles. The highest BCUT2D eigenvalue weighted by molar-refractivity contribution is 7.71. The fraction of sp³-hybridized carbons (Fsp3) is 0.188. The van der Waals surface area contributed by atoms with Crippen LogP contribution >= 0.6 is 12.2 Å². The fourth-order valence-electron chi connectivity index (χ4n) is 2.38. The molecule has 0 radical (unpaired) electrons. The molecule has 0 aliphatic heterocycles. The minimum absolute atomic E-state index is 0.255. The van der Waals surface area contributed by atoms with Crippen LogP contribution in [0.2, 0.25) is 0 Å². The molecule has 0 atom stereocenters. The standard InChI is InChI=1S/C16H15FN2OS/c1-20-13-5-2-11(3-6-13)8-9-19-15-10-12(17)4-7-14(15)18-16(19)21/h2-7,10H,8-9H2,1H3,(H,18,21). The summed E-state index contributed by atoms with van der Waals surface area (Å²) < 4.78 is 21.1. The minimum Gasteiger partial charge on any atom is -0.497 e. The molecule has 0 unspecified atom stereocenters. The maximum absolute atomic E-state index is 13.4. The molecule has 2 aromatic carbocycles. The van der Waals surface area contributed by atoms with Crippen molar-refractivity contribution >= 4 is 23.3 Å². The van der Waals surface area contributed by atoms with Gasteiger partial charge in [-0.2, -0.15) is 0 Å². The van der Waals surface area contributed by atoms with Crippen LogP contribution in [0.4, 0.5) is 4.39 Å². The minimum atomic E-state index is -0.255. The van der Waals surface area contributed by atoms with Crippen LogP contribution in [0.1, 0.15) is 5.56 Å². The number of methoxy groups -OCH3 is 1. The molecule has 0 saturated heterocycles. The average molecular weight is 302 g/mol. The summed E-state index contributed by atoms with van der Waals surface area (Å²) in [6, 6.07) is 12.6. The summed E-state index contributed by atoms with van der Waals surface area (Å²) in [4.78, 5) is 3.10. The number of halogens is 1. The predicted molar refractivity (Wildman–Crippen MR) is 83.8 cm³/mol. The first-order valence-electron chi connectivity index (χ1n) is 6.68. The number of ether oxygens (including phenoxy) is 1. The monoisotopic (exact) mass is 302 g/mol. The van der Waals surface area contributed by atoms with E-state index in [9.17, 15) is 4.39 Å². The van der Waals surface area contributed by atoms with Crippen molar-refractivity contribution in [2.75, 3.05) is 7.11 Å². The quantitative estimate of drug-likeness (QED) is 0.736. The van der Waals surface area contributed by atoms with Crippen LogP contribution in [-0.2, 0) is 13.0 Å². The molecule has 0 aliphatic rings. The molecule has 3 aromatic rings. The first kappa shape index (κ1) is 13.8. The first-order chi connectivity index (χ1) is 10.2. The molecule has 0 fully saturated rings.